The quantitative estimate of drug-likeness (QED) is 0.430. The minimum atomic E-state index is -0.870. The van der Waals surface area contributed by atoms with Crippen LogP contribution in [0.15, 0.2) is 73.1 Å². The number of carbonyl (C=O) groups is 1. The average molecular weight is 432 g/mol. The van der Waals surface area contributed by atoms with Crippen molar-refractivity contribution in [1.82, 2.24) is 14.8 Å². The first-order valence-electron chi connectivity index (χ1n) is 9.97. The minimum absolute atomic E-state index is 0.283. The van der Waals surface area contributed by atoms with E-state index in [9.17, 15) is 9.90 Å². The molecule has 0 amide bonds. The van der Waals surface area contributed by atoms with Crippen LogP contribution in [0.3, 0.4) is 0 Å². The molecule has 0 aliphatic heterocycles. The molecule has 0 radical (unpaired) electrons. The molecule has 0 saturated heterocycles. The molecule has 2 aromatic carbocycles. The lowest BCUT2D eigenvalue weighted by atomic mass is 9.93. The first-order chi connectivity index (χ1) is 14.9. The van der Waals surface area contributed by atoms with Gasteiger partial charge in [-0.2, -0.15) is 5.10 Å². The van der Waals surface area contributed by atoms with Crippen LogP contribution in [0, 0.1) is 13.8 Å². The molecule has 2 aromatic heterocycles. The summed E-state index contributed by atoms with van der Waals surface area (Å²) in [6.07, 6.45) is 3.78. The molecule has 0 saturated carbocycles. The fourth-order valence-electron chi connectivity index (χ4n) is 3.73. The number of hydrogen-bond acceptors (Lipinski definition) is 3. The fourth-order valence-corrected chi connectivity index (χ4v) is 3.96. The Morgan fingerprint density at radius 2 is 1.94 bits per heavy atom. The number of benzene rings is 2. The molecule has 1 N–H and O–H groups in total. The maximum atomic E-state index is 12.1. The number of nitrogens with zero attached hydrogens (tertiary/aromatic N) is 3. The Hall–Kier alpha value is -3.44. The lowest BCUT2D eigenvalue weighted by Crippen LogP contribution is -2.15. The molecule has 4 rings (SSSR count). The van der Waals surface area contributed by atoms with E-state index in [4.69, 9.17) is 16.7 Å². The van der Waals surface area contributed by atoms with Gasteiger partial charge in [0.15, 0.2) is 0 Å². The first-order valence-corrected chi connectivity index (χ1v) is 10.4. The molecule has 6 heteroatoms. The highest BCUT2D eigenvalue weighted by Crippen LogP contribution is 2.29. The molecule has 31 heavy (non-hydrogen) atoms. The number of rotatable bonds is 6. The molecule has 0 spiro atoms. The number of aryl methyl sites for hydroxylation is 2. The van der Waals surface area contributed by atoms with Gasteiger partial charge < -0.3 is 5.11 Å². The second-order valence-corrected chi connectivity index (χ2v) is 8.05. The Labute approximate surface area is 186 Å². The smallest absolute Gasteiger partial charge is 0.311 e. The molecule has 1 atom stereocenters. The van der Waals surface area contributed by atoms with Crippen molar-refractivity contribution < 1.29 is 9.90 Å². The van der Waals surface area contributed by atoms with Gasteiger partial charge >= 0.3 is 5.97 Å². The number of carboxylic acid groups (broad SMARTS) is 1. The van der Waals surface area contributed by atoms with Gasteiger partial charge in [-0.05, 0) is 61.4 Å². The van der Waals surface area contributed by atoms with Crippen molar-refractivity contribution >= 4 is 17.6 Å². The van der Waals surface area contributed by atoms with Gasteiger partial charge in [0.2, 0.25) is 0 Å². The van der Waals surface area contributed by atoms with Gasteiger partial charge in [0.05, 0.1) is 23.0 Å². The molecule has 156 valence electrons. The van der Waals surface area contributed by atoms with Crippen LogP contribution >= 0.6 is 11.6 Å². The van der Waals surface area contributed by atoms with Crippen molar-refractivity contribution in [1.29, 1.82) is 0 Å². The third-order valence-electron chi connectivity index (χ3n) is 5.26. The van der Waals surface area contributed by atoms with Crippen LogP contribution in [0.25, 0.3) is 16.9 Å². The van der Waals surface area contributed by atoms with E-state index in [0.717, 1.165) is 33.6 Å². The molecular formula is C25H22ClN3O2. The maximum absolute atomic E-state index is 12.1. The predicted molar refractivity (Wildman–Crippen MR) is 122 cm³/mol. The summed E-state index contributed by atoms with van der Waals surface area (Å²) >= 11 is 6.15. The summed E-state index contributed by atoms with van der Waals surface area (Å²) in [5.41, 5.74) is 6.11. The first kappa shape index (κ1) is 20.8. The normalized spacial score (nSPS) is 12.0. The molecule has 2 heterocycles. The summed E-state index contributed by atoms with van der Waals surface area (Å²) in [5, 5.41) is 15.4. The number of pyridine rings is 1. The van der Waals surface area contributed by atoms with Crippen LogP contribution in [0.2, 0.25) is 5.02 Å². The highest BCUT2D eigenvalue weighted by atomic mass is 35.5. The summed E-state index contributed by atoms with van der Waals surface area (Å²) in [5.74, 6) is -1.55. The van der Waals surface area contributed by atoms with E-state index in [0.29, 0.717) is 10.7 Å². The third kappa shape index (κ3) is 4.52. The molecule has 1 unspecified atom stereocenters. The second kappa shape index (κ2) is 8.74. The monoisotopic (exact) mass is 431 g/mol. The van der Waals surface area contributed by atoms with Crippen molar-refractivity contribution in [2.75, 3.05) is 0 Å². The van der Waals surface area contributed by atoms with Crippen molar-refractivity contribution in [2.45, 2.75) is 26.2 Å². The average Bonchev–Trinajstić information content (AvgIpc) is 3.16. The Balaban J connectivity index is 1.80. The van der Waals surface area contributed by atoms with E-state index in [1.165, 1.54) is 0 Å². The zero-order chi connectivity index (χ0) is 22.0. The van der Waals surface area contributed by atoms with Crippen molar-refractivity contribution in [3.63, 3.8) is 0 Å². The molecule has 0 aliphatic rings. The van der Waals surface area contributed by atoms with Crippen LogP contribution < -0.4 is 0 Å². The number of aliphatic carboxylic acids is 1. The summed E-state index contributed by atoms with van der Waals surface area (Å²) in [7, 11) is 0. The van der Waals surface area contributed by atoms with Gasteiger partial charge in [0.25, 0.3) is 0 Å². The van der Waals surface area contributed by atoms with E-state index in [1.807, 2.05) is 79.2 Å². The maximum Gasteiger partial charge on any atom is 0.311 e. The molecule has 4 aromatic rings. The molecule has 5 nitrogen and oxygen atoms in total. The number of halogens is 1. The summed E-state index contributed by atoms with van der Waals surface area (Å²) in [6, 6.07) is 19.0. The summed E-state index contributed by atoms with van der Waals surface area (Å²) in [4.78, 5) is 16.3. The van der Waals surface area contributed by atoms with Gasteiger partial charge in [0, 0.05) is 29.4 Å². The van der Waals surface area contributed by atoms with Gasteiger partial charge in [-0.15, -0.1) is 0 Å². The molecule has 0 aliphatic carbocycles. The van der Waals surface area contributed by atoms with E-state index in [1.54, 1.807) is 12.4 Å². The topological polar surface area (TPSA) is 68.0 Å². The van der Waals surface area contributed by atoms with Crippen LogP contribution in [0.1, 0.15) is 28.3 Å². The van der Waals surface area contributed by atoms with E-state index < -0.39 is 11.9 Å². The van der Waals surface area contributed by atoms with Crippen molar-refractivity contribution in [3.8, 4) is 16.9 Å². The highest BCUT2D eigenvalue weighted by Gasteiger charge is 2.23. The summed E-state index contributed by atoms with van der Waals surface area (Å²) in [6.45, 7) is 3.93. The molecule has 0 fully saturated rings. The fraction of sp³-hybridized carbons (Fsp3) is 0.160. The Morgan fingerprint density at radius 3 is 2.61 bits per heavy atom. The largest absolute Gasteiger partial charge is 0.481 e. The number of aromatic nitrogens is 3. The molecular weight excluding hydrogens is 410 g/mol. The lowest BCUT2D eigenvalue weighted by Gasteiger charge is -2.12. The predicted octanol–water partition coefficient (Wildman–Crippen LogP) is 5.62. The third-order valence-corrected chi connectivity index (χ3v) is 5.50. The van der Waals surface area contributed by atoms with E-state index >= 15 is 0 Å². The van der Waals surface area contributed by atoms with Gasteiger partial charge in [-0.25, -0.2) is 4.68 Å². The van der Waals surface area contributed by atoms with Gasteiger partial charge in [-0.3, -0.25) is 9.78 Å². The Bertz CT molecular complexity index is 1230. The zero-order valence-corrected chi connectivity index (χ0v) is 18.0. The van der Waals surface area contributed by atoms with Crippen molar-refractivity contribution in [3.05, 3.63) is 100 Å². The SMILES string of the molecule is Cc1cccc(C(Cc2cc(-c3cccnc3)n(-c3ccc(Cl)cc3C)n2)C(=O)O)c1. The zero-order valence-electron chi connectivity index (χ0n) is 17.3. The van der Waals surface area contributed by atoms with E-state index in [2.05, 4.69) is 4.98 Å². The van der Waals surface area contributed by atoms with Crippen LogP contribution in [-0.2, 0) is 11.2 Å². The number of hydrogen-bond donors (Lipinski definition) is 1. The second-order valence-electron chi connectivity index (χ2n) is 7.61. The van der Waals surface area contributed by atoms with Crippen LogP contribution in [0.4, 0.5) is 0 Å². The Kier molecular flexibility index (Phi) is 5.87. The van der Waals surface area contributed by atoms with Crippen LogP contribution in [-0.4, -0.2) is 25.8 Å². The van der Waals surface area contributed by atoms with Crippen molar-refractivity contribution in [2.24, 2.45) is 0 Å². The standard InChI is InChI=1S/C25H22ClN3O2/c1-16-5-3-6-18(11-16)22(25(30)31)13-21-14-24(19-7-4-10-27-15-19)29(28-21)23-9-8-20(26)12-17(23)2/h3-12,14-15,22H,13H2,1-2H3,(H,30,31). The summed E-state index contributed by atoms with van der Waals surface area (Å²) < 4.78 is 1.84. The van der Waals surface area contributed by atoms with E-state index in [-0.39, 0.29) is 6.42 Å². The minimum Gasteiger partial charge on any atom is -0.481 e. The highest BCUT2D eigenvalue weighted by molar-refractivity contribution is 6.30. The number of carboxylic acids is 1. The molecule has 0 bridgehead atoms. The van der Waals surface area contributed by atoms with Gasteiger partial charge in [-0.1, -0.05) is 41.4 Å². The van der Waals surface area contributed by atoms with Crippen LogP contribution in [0.5, 0.6) is 0 Å². The lowest BCUT2D eigenvalue weighted by molar-refractivity contribution is -0.138. The van der Waals surface area contributed by atoms with Gasteiger partial charge in [0.1, 0.15) is 0 Å². The Morgan fingerprint density at radius 1 is 1.10 bits per heavy atom.